The largest absolute Gasteiger partial charge is 0.506 e. The van der Waals surface area contributed by atoms with Crippen molar-refractivity contribution in [1.82, 2.24) is 19.5 Å². The topological polar surface area (TPSA) is 163 Å². The molecule has 5 N–H and O–H groups in total. The van der Waals surface area contributed by atoms with Crippen LogP contribution in [0.25, 0.3) is 21.9 Å². The van der Waals surface area contributed by atoms with Gasteiger partial charge in [-0.05, 0) is 34.5 Å². The number of rotatable bonds is 6. The first-order valence-corrected chi connectivity index (χ1v) is 12.3. The third-order valence-corrected chi connectivity index (χ3v) is 6.38. The molecule has 2 atom stereocenters. The van der Waals surface area contributed by atoms with Crippen LogP contribution in [-0.4, -0.2) is 51.8 Å². The molecule has 13 heteroatoms. The van der Waals surface area contributed by atoms with E-state index >= 15 is 0 Å². The van der Waals surface area contributed by atoms with Gasteiger partial charge in [-0.25, -0.2) is 4.98 Å². The number of hydrogen-bond acceptors (Lipinski definition) is 8. The number of anilines is 2. The van der Waals surface area contributed by atoms with Crippen molar-refractivity contribution in [3.05, 3.63) is 65.6 Å². The van der Waals surface area contributed by atoms with Crippen molar-refractivity contribution in [3.63, 3.8) is 0 Å². The molecule has 34 heavy (non-hydrogen) atoms. The molecule has 0 saturated carbocycles. The van der Waals surface area contributed by atoms with E-state index < -0.39 is 31.8 Å². The fourth-order valence-electron chi connectivity index (χ4n) is 3.78. The van der Waals surface area contributed by atoms with Crippen LogP contribution < -0.4 is 5.32 Å². The lowest BCUT2D eigenvalue weighted by Crippen LogP contribution is -2.22. The van der Waals surface area contributed by atoms with Gasteiger partial charge in [0, 0.05) is 12.1 Å². The van der Waals surface area contributed by atoms with Crippen molar-refractivity contribution < 1.29 is 29.3 Å². The minimum Gasteiger partial charge on any atom is -0.506 e. The van der Waals surface area contributed by atoms with Gasteiger partial charge in [-0.15, -0.1) is 0 Å². The molecule has 0 radical (unpaired) electrons. The molecular formula is C21H19ClN5O6P. The third-order valence-electron chi connectivity index (χ3n) is 5.41. The van der Waals surface area contributed by atoms with E-state index in [4.69, 9.17) is 26.1 Å². The molecule has 0 bridgehead atoms. The highest BCUT2D eigenvalue weighted by Crippen LogP contribution is 2.41. The van der Waals surface area contributed by atoms with Gasteiger partial charge in [-0.2, -0.15) is 9.97 Å². The van der Waals surface area contributed by atoms with Crippen molar-refractivity contribution in [1.29, 1.82) is 0 Å². The summed E-state index contributed by atoms with van der Waals surface area (Å²) >= 11 is 6.16. The van der Waals surface area contributed by atoms with Gasteiger partial charge in [-0.3, -0.25) is 9.13 Å². The van der Waals surface area contributed by atoms with Crippen molar-refractivity contribution >= 4 is 52.6 Å². The van der Waals surface area contributed by atoms with Crippen LogP contribution in [0.2, 0.25) is 5.28 Å². The number of benzene rings is 2. The van der Waals surface area contributed by atoms with Crippen molar-refractivity contribution in [3.8, 4) is 0 Å². The Bertz CT molecular complexity index is 1490. The van der Waals surface area contributed by atoms with Crippen LogP contribution in [0.1, 0.15) is 12.6 Å². The smallest absolute Gasteiger partial charge is 0.326 e. The number of halogens is 1. The van der Waals surface area contributed by atoms with Crippen LogP contribution in [0.5, 0.6) is 0 Å². The minimum atomic E-state index is -4.32. The van der Waals surface area contributed by atoms with Gasteiger partial charge in [0.2, 0.25) is 11.5 Å². The Kier molecular flexibility index (Phi) is 5.67. The van der Waals surface area contributed by atoms with Gasteiger partial charge >= 0.3 is 7.60 Å². The number of hydrogen-bond donors (Lipinski definition) is 5. The second-order valence-corrected chi connectivity index (χ2v) is 9.87. The Balaban J connectivity index is 1.46. The zero-order chi connectivity index (χ0) is 24.0. The summed E-state index contributed by atoms with van der Waals surface area (Å²) in [4.78, 5) is 31.0. The molecule has 0 spiro atoms. The number of aromatic nitrogens is 4. The molecule has 176 valence electrons. The fraction of sp³-hybridized carbons (Fsp3) is 0.190. The van der Waals surface area contributed by atoms with E-state index in [1.165, 1.54) is 10.9 Å². The predicted molar refractivity (Wildman–Crippen MR) is 125 cm³/mol. The predicted octanol–water partition coefficient (Wildman–Crippen LogP) is 3.60. The lowest BCUT2D eigenvalue weighted by molar-refractivity contribution is -0.00734. The molecule has 1 aliphatic heterocycles. The van der Waals surface area contributed by atoms with Crippen LogP contribution in [-0.2, 0) is 9.30 Å². The van der Waals surface area contributed by atoms with E-state index in [1.54, 1.807) is 0 Å². The summed E-state index contributed by atoms with van der Waals surface area (Å²) in [5.74, 6) is -0.289. The molecular weight excluding hydrogens is 485 g/mol. The lowest BCUT2D eigenvalue weighted by atomic mass is 10.1. The van der Waals surface area contributed by atoms with E-state index in [0.29, 0.717) is 11.3 Å². The van der Waals surface area contributed by atoms with Crippen LogP contribution in [0.15, 0.2) is 60.3 Å². The molecule has 0 aliphatic carbocycles. The maximum atomic E-state index is 11.2. The zero-order valence-electron chi connectivity index (χ0n) is 17.4. The fourth-order valence-corrected chi connectivity index (χ4v) is 4.44. The summed E-state index contributed by atoms with van der Waals surface area (Å²) in [7, 11) is -4.32. The highest BCUT2D eigenvalue weighted by atomic mass is 35.5. The molecule has 1 unspecified atom stereocenters. The quantitative estimate of drug-likeness (QED) is 0.194. The van der Waals surface area contributed by atoms with Gasteiger partial charge in [0.15, 0.2) is 28.8 Å². The Morgan fingerprint density at radius 3 is 2.68 bits per heavy atom. The Morgan fingerprint density at radius 2 is 1.91 bits per heavy atom. The normalized spacial score (nSPS) is 18.6. The molecule has 3 heterocycles. The van der Waals surface area contributed by atoms with E-state index in [0.717, 1.165) is 16.5 Å². The van der Waals surface area contributed by atoms with Crippen LogP contribution >= 0.6 is 19.2 Å². The Morgan fingerprint density at radius 1 is 1.15 bits per heavy atom. The highest BCUT2D eigenvalue weighted by Gasteiger charge is 2.38. The van der Waals surface area contributed by atoms with Crippen LogP contribution in [0.4, 0.5) is 11.5 Å². The third kappa shape index (κ3) is 4.31. The first-order chi connectivity index (χ1) is 16.2. The first kappa shape index (κ1) is 22.6. The van der Waals surface area contributed by atoms with Crippen LogP contribution in [0, 0.1) is 0 Å². The van der Waals surface area contributed by atoms with Gasteiger partial charge < -0.3 is 30.1 Å². The van der Waals surface area contributed by atoms with Gasteiger partial charge in [0.1, 0.15) is 12.1 Å². The number of allylic oxidation sites excluding steroid dienone is 1. The number of aliphatic hydroxyl groups is 2. The summed E-state index contributed by atoms with van der Waals surface area (Å²) in [6, 6.07) is 13.7. The average Bonchev–Trinajstić information content (AvgIpc) is 3.33. The number of nitrogens with zero attached hydrogens (tertiary/aromatic N) is 4. The minimum absolute atomic E-state index is 0.0797. The molecule has 0 fully saturated rings. The number of fused-ring (bicyclic) bond motifs is 2. The lowest BCUT2D eigenvalue weighted by Gasteiger charge is -2.17. The van der Waals surface area contributed by atoms with Crippen molar-refractivity contribution in [2.24, 2.45) is 0 Å². The summed E-state index contributed by atoms with van der Waals surface area (Å²) in [5.41, 5.74) is 1.33. The van der Waals surface area contributed by atoms with Gasteiger partial charge in [0.25, 0.3) is 0 Å². The maximum absolute atomic E-state index is 11.2. The second-order valence-electron chi connectivity index (χ2n) is 7.75. The van der Waals surface area contributed by atoms with E-state index in [9.17, 15) is 14.8 Å². The van der Waals surface area contributed by atoms with E-state index in [-0.39, 0.29) is 23.1 Å². The van der Waals surface area contributed by atoms with E-state index in [1.807, 2.05) is 42.5 Å². The zero-order valence-corrected chi connectivity index (χ0v) is 19.1. The monoisotopic (exact) mass is 503 g/mol. The summed E-state index contributed by atoms with van der Waals surface area (Å²) in [5, 5.41) is 25.9. The first-order valence-electron chi connectivity index (χ1n) is 10.2. The van der Waals surface area contributed by atoms with Crippen LogP contribution in [0.3, 0.4) is 0 Å². The Labute approximate surface area is 197 Å². The maximum Gasteiger partial charge on any atom is 0.326 e. The second kappa shape index (κ2) is 8.53. The van der Waals surface area contributed by atoms with Gasteiger partial charge in [0.05, 0.1) is 6.16 Å². The highest BCUT2D eigenvalue weighted by molar-refractivity contribution is 7.51. The molecule has 2 aromatic carbocycles. The van der Waals surface area contributed by atoms with E-state index in [2.05, 4.69) is 20.3 Å². The molecule has 4 aromatic rings. The number of aliphatic hydroxyl groups excluding tert-OH is 2. The number of imidazole rings is 1. The molecule has 5 rings (SSSR count). The van der Waals surface area contributed by atoms with Crippen molar-refractivity contribution in [2.45, 2.75) is 18.8 Å². The molecule has 0 saturated heterocycles. The molecule has 11 nitrogen and oxygen atoms in total. The summed E-state index contributed by atoms with van der Waals surface area (Å²) in [6.07, 6.45) is -2.08. The molecule has 2 aromatic heterocycles. The standard InChI is InChI=1S/C21H19ClN5O6P/c22-21-25-18(24-13-6-5-11-3-1-2-4-12(11)9-13)15-19(26-21)27(10-23-15)20-17(29)16(28)14(33-20)7-8-34(30,31)32/h1-6,9-10,17,20,28-29H,7-8H2,(H,24,25,26)(H2,30,31,32)/t17?,20-/m1/s1. The Hall–Kier alpha value is -3.21. The number of nitrogens with one attached hydrogen (secondary N) is 1. The average molecular weight is 504 g/mol. The SMILES string of the molecule is O=P(O)(O)CCC1=C(O)C(O)[C@H](n2cnc3c(Nc4ccc5ccccc5c4)nc(Cl)nc32)O1. The van der Waals surface area contributed by atoms with Crippen molar-refractivity contribution in [2.75, 3.05) is 11.5 Å². The summed E-state index contributed by atoms with van der Waals surface area (Å²) in [6.45, 7) is 0. The number of ether oxygens (including phenoxy) is 1. The molecule has 1 aliphatic rings. The molecule has 0 amide bonds. The summed E-state index contributed by atoms with van der Waals surface area (Å²) < 4.78 is 18.2. The van der Waals surface area contributed by atoms with Gasteiger partial charge in [-0.1, -0.05) is 30.3 Å².